The van der Waals surface area contributed by atoms with Gasteiger partial charge < -0.3 is 9.13 Å². The molecular weight excluding hydrogens is 685 g/mol. The van der Waals surface area contributed by atoms with E-state index in [9.17, 15) is 0 Å². The van der Waals surface area contributed by atoms with E-state index in [1.54, 1.807) is 0 Å². The predicted molar refractivity (Wildman–Crippen MR) is 236 cm³/mol. The van der Waals surface area contributed by atoms with Gasteiger partial charge in [-0.25, -0.2) is 0 Å². The van der Waals surface area contributed by atoms with Gasteiger partial charge in [-0.3, -0.25) is 0 Å². The summed E-state index contributed by atoms with van der Waals surface area (Å²) in [5.74, 6) is 0. The van der Waals surface area contributed by atoms with E-state index in [1.807, 2.05) is 11.3 Å². The molecule has 12 aromatic rings. The van der Waals surface area contributed by atoms with Crippen molar-refractivity contribution in [2.75, 3.05) is 0 Å². The first-order chi connectivity index (χ1) is 27.3. The maximum atomic E-state index is 2.49. The van der Waals surface area contributed by atoms with Gasteiger partial charge in [-0.15, -0.1) is 11.3 Å². The zero-order valence-corrected chi connectivity index (χ0v) is 30.6. The van der Waals surface area contributed by atoms with Crippen molar-refractivity contribution in [3.8, 4) is 33.6 Å². The Hall–Kier alpha value is -6.94. The molecular formula is C52H32N2S. The summed E-state index contributed by atoms with van der Waals surface area (Å²) in [7, 11) is 0. The van der Waals surface area contributed by atoms with Crippen LogP contribution < -0.4 is 0 Å². The second-order valence-corrected chi connectivity index (χ2v) is 15.6. The lowest BCUT2D eigenvalue weighted by molar-refractivity contribution is 1.18. The predicted octanol–water partition coefficient (Wildman–Crippen LogP) is 14.7. The van der Waals surface area contributed by atoms with Crippen LogP contribution in [0.15, 0.2) is 194 Å². The Morgan fingerprint density at radius 2 is 0.836 bits per heavy atom. The third kappa shape index (κ3) is 4.60. The number of fused-ring (bicyclic) bond motifs is 10. The Morgan fingerprint density at radius 1 is 0.309 bits per heavy atom. The Bertz CT molecular complexity index is 3470. The summed E-state index contributed by atoms with van der Waals surface area (Å²) < 4.78 is 7.53. The molecule has 256 valence electrons. The van der Waals surface area contributed by atoms with Crippen LogP contribution in [-0.2, 0) is 0 Å². The molecule has 0 N–H and O–H groups in total. The van der Waals surface area contributed by atoms with Gasteiger partial charge in [0.15, 0.2) is 0 Å². The maximum absolute atomic E-state index is 2.49. The SMILES string of the molecule is c1ccc(-c2ccc3c(c2)c2cc(-c4ccc5c(c4)c4cc6ccccc6cc4n5-c4ccccc4)ccc2n3-c2cccc3c2sc2ccccc23)cc1. The Kier molecular flexibility index (Phi) is 6.54. The molecule has 0 bridgehead atoms. The van der Waals surface area contributed by atoms with Gasteiger partial charge in [0.1, 0.15) is 0 Å². The Morgan fingerprint density at radius 3 is 1.53 bits per heavy atom. The van der Waals surface area contributed by atoms with Crippen LogP contribution in [-0.4, -0.2) is 9.13 Å². The summed E-state index contributed by atoms with van der Waals surface area (Å²) in [5.41, 5.74) is 12.1. The standard InChI is InChI=1S/C52H32N2S/c1-3-12-33(13-4-1)36-22-26-47-42(29-36)43-30-38(24-27-48(43)54(47)49-20-11-19-41-40-18-9-10-21-51(40)55-52(41)49)37-23-25-46-44(31-37)45-28-34-14-7-8-15-35(34)32-50(45)53(46)39-16-5-2-6-17-39/h1-32H. The molecule has 3 heterocycles. The monoisotopic (exact) mass is 716 g/mol. The average molecular weight is 717 g/mol. The molecule has 3 aromatic heterocycles. The summed E-state index contributed by atoms with van der Waals surface area (Å²) in [5, 5.41) is 10.2. The summed E-state index contributed by atoms with van der Waals surface area (Å²) in [6.45, 7) is 0. The third-order valence-corrected chi connectivity index (χ3v) is 12.7. The first-order valence-corrected chi connectivity index (χ1v) is 19.7. The van der Waals surface area contributed by atoms with Gasteiger partial charge in [-0.05, 0) is 106 Å². The van der Waals surface area contributed by atoms with E-state index < -0.39 is 0 Å². The normalized spacial score (nSPS) is 12.0. The van der Waals surface area contributed by atoms with Crippen LogP contribution in [0.1, 0.15) is 0 Å². The summed E-state index contributed by atoms with van der Waals surface area (Å²) >= 11 is 1.88. The fraction of sp³-hybridized carbons (Fsp3) is 0. The molecule has 0 spiro atoms. The fourth-order valence-corrected chi connectivity index (χ4v) is 10.1. The molecule has 0 fully saturated rings. The Labute approximate surface area is 321 Å². The van der Waals surface area contributed by atoms with Crippen molar-refractivity contribution in [1.82, 2.24) is 9.13 Å². The molecule has 0 radical (unpaired) electrons. The topological polar surface area (TPSA) is 9.86 Å². The van der Waals surface area contributed by atoms with E-state index in [2.05, 4.69) is 203 Å². The van der Waals surface area contributed by atoms with Crippen LogP contribution in [0.3, 0.4) is 0 Å². The minimum absolute atomic E-state index is 1.17. The lowest BCUT2D eigenvalue weighted by Gasteiger charge is -2.10. The minimum atomic E-state index is 1.17. The molecule has 3 heteroatoms. The molecule has 9 aromatic carbocycles. The van der Waals surface area contributed by atoms with Gasteiger partial charge in [-0.1, -0.05) is 121 Å². The van der Waals surface area contributed by atoms with E-state index in [4.69, 9.17) is 0 Å². The van der Waals surface area contributed by atoms with E-state index >= 15 is 0 Å². The highest BCUT2D eigenvalue weighted by Crippen LogP contribution is 2.43. The van der Waals surface area contributed by atoms with Crippen LogP contribution >= 0.6 is 11.3 Å². The highest BCUT2D eigenvalue weighted by molar-refractivity contribution is 7.26. The summed E-state index contributed by atoms with van der Waals surface area (Å²) in [6.07, 6.45) is 0. The zero-order valence-electron chi connectivity index (χ0n) is 29.8. The molecule has 0 saturated carbocycles. The molecule has 0 aliphatic heterocycles. The van der Waals surface area contributed by atoms with Crippen molar-refractivity contribution >= 4 is 85.9 Å². The van der Waals surface area contributed by atoms with Gasteiger partial charge in [-0.2, -0.15) is 0 Å². The van der Waals surface area contributed by atoms with Crippen LogP contribution in [0, 0.1) is 0 Å². The lowest BCUT2D eigenvalue weighted by atomic mass is 9.99. The maximum Gasteiger partial charge on any atom is 0.0640 e. The van der Waals surface area contributed by atoms with Crippen molar-refractivity contribution in [1.29, 1.82) is 0 Å². The van der Waals surface area contributed by atoms with Gasteiger partial charge in [0.2, 0.25) is 0 Å². The van der Waals surface area contributed by atoms with E-state index in [-0.39, 0.29) is 0 Å². The quantitative estimate of drug-likeness (QED) is 0.172. The number of hydrogen-bond donors (Lipinski definition) is 0. The second-order valence-electron chi connectivity index (χ2n) is 14.5. The smallest absolute Gasteiger partial charge is 0.0640 e. The number of benzene rings is 9. The molecule has 12 rings (SSSR count). The van der Waals surface area contributed by atoms with E-state index in [1.165, 1.54) is 108 Å². The first kappa shape index (κ1) is 30.5. The third-order valence-electron chi connectivity index (χ3n) is 11.5. The van der Waals surface area contributed by atoms with Crippen LogP contribution in [0.5, 0.6) is 0 Å². The van der Waals surface area contributed by atoms with Crippen molar-refractivity contribution < 1.29 is 0 Å². The molecule has 2 nitrogen and oxygen atoms in total. The van der Waals surface area contributed by atoms with Crippen molar-refractivity contribution in [3.05, 3.63) is 194 Å². The Balaban J connectivity index is 1.11. The fourth-order valence-electron chi connectivity index (χ4n) is 8.92. The largest absolute Gasteiger partial charge is 0.309 e. The van der Waals surface area contributed by atoms with E-state index in [0.717, 1.165) is 0 Å². The molecule has 0 aliphatic rings. The zero-order chi connectivity index (χ0) is 36.0. The number of nitrogens with zero attached hydrogens (tertiary/aromatic N) is 2. The van der Waals surface area contributed by atoms with Crippen molar-refractivity contribution in [2.45, 2.75) is 0 Å². The molecule has 0 atom stereocenters. The van der Waals surface area contributed by atoms with Crippen LogP contribution in [0.4, 0.5) is 0 Å². The van der Waals surface area contributed by atoms with Crippen molar-refractivity contribution in [2.24, 2.45) is 0 Å². The number of thiophene rings is 1. The highest BCUT2D eigenvalue weighted by Gasteiger charge is 2.19. The van der Waals surface area contributed by atoms with Gasteiger partial charge in [0, 0.05) is 42.7 Å². The minimum Gasteiger partial charge on any atom is -0.309 e. The molecule has 0 saturated heterocycles. The van der Waals surface area contributed by atoms with Crippen LogP contribution in [0.25, 0.3) is 108 Å². The molecule has 55 heavy (non-hydrogen) atoms. The molecule has 0 unspecified atom stereocenters. The number of para-hydroxylation sites is 1. The van der Waals surface area contributed by atoms with Gasteiger partial charge in [0.05, 0.1) is 32.5 Å². The average Bonchev–Trinajstić information content (AvgIpc) is 3.90. The van der Waals surface area contributed by atoms with E-state index in [0.29, 0.717) is 0 Å². The van der Waals surface area contributed by atoms with Gasteiger partial charge in [0.25, 0.3) is 0 Å². The first-order valence-electron chi connectivity index (χ1n) is 18.8. The van der Waals surface area contributed by atoms with Crippen LogP contribution in [0.2, 0.25) is 0 Å². The highest BCUT2D eigenvalue weighted by atomic mass is 32.1. The lowest BCUT2D eigenvalue weighted by Crippen LogP contribution is -1.94. The number of aromatic nitrogens is 2. The van der Waals surface area contributed by atoms with Crippen molar-refractivity contribution in [3.63, 3.8) is 0 Å². The summed E-state index contributed by atoms with van der Waals surface area (Å²) in [6, 6.07) is 71.5. The molecule has 0 aliphatic carbocycles. The molecule has 0 amide bonds. The second kappa shape index (κ2) is 11.8. The number of rotatable bonds is 4. The van der Waals surface area contributed by atoms with Gasteiger partial charge >= 0.3 is 0 Å². The number of hydrogen-bond acceptors (Lipinski definition) is 1. The summed E-state index contributed by atoms with van der Waals surface area (Å²) in [4.78, 5) is 0.